The highest BCUT2D eigenvalue weighted by Crippen LogP contribution is 2.22. The number of amides is 2. The smallest absolute Gasteiger partial charge is 0.383 e. The molecule has 0 rings (SSSR count). The Kier molecular flexibility index (Phi) is 5.35. The van der Waals surface area contributed by atoms with Gasteiger partial charge in [-0.3, -0.25) is 14.4 Å². The summed E-state index contributed by atoms with van der Waals surface area (Å²) in [5, 5.41) is 11.1. The number of rotatable bonds is 6. The first-order valence-corrected chi connectivity index (χ1v) is 4.10. The summed E-state index contributed by atoms with van der Waals surface area (Å²) in [6, 6.07) is 0. The number of carbonyl (C=O) groups excluding carboxylic acids is 2. The van der Waals surface area contributed by atoms with Crippen molar-refractivity contribution in [2.75, 3.05) is 13.1 Å². The van der Waals surface area contributed by atoms with E-state index in [1.807, 2.05) is 0 Å². The van der Waals surface area contributed by atoms with Crippen LogP contribution in [0, 0.1) is 0 Å². The topological polar surface area (TPSA) is 95.5 Å². The van der Waals surface area contributed by atoms with Crippen molar-refractivity contribution in [3.8, 4) is 0 Å². The Morgan fingerprint density at radius 2 is 1.65 bits per heavy atom. The summed E-state index contributed by atoms with van der Waals surface area (Å²) in [6.45, 7) is -1.80. The van der Waals surface area contributed by atoms with E-state index in [0.717, 1.165) is 0 Å². The highest BCUT2D eigenvalue weighted by Gasteiger charge is 2.48. The van der Waals surface area contributed by atoms with Gasteiger partial charge in [-0.1, -0.05) is 0 Å². The third kappa shape index (κ3) is 5.13. The van der Waals surface area contributed by atoms with E-state index in [2.05, 4.69) is 0 Å². The van der Waals surface area contributed by atoms with Crippen LogP contribution in [0.2, 0.25) is 0 Å². The Bertz CT molecular complexity index is 321. The second-order valence-corrected chi connectivity index (χ2v) is 2.78. The number of aliphatic carboxylic acids is 1. The van der Waals surface area contributed by atoms with E-state index in [4.69, 9.17) is 5.11 Å². The van der Waals surface area contributed by atoms with Crippen molar-refractivity contribution in [1.82, 2.24) is 10.6 Å². The second-order valence-electron chi connectivity index (χ2n) is 2.78. The maximum absolute atomic E-state index is 12.3. The molecule has 0 aromatic heterocycles. The zero-order chi connectivity index (χ0) is 13.6. The lowest BCUT2D eigenvalue weighted by atomic mass is 10.3. The molecule has 0 unspecified atom stereocenters. The Labute approximate surface area is 92.0 Å². The van der Waals surface area contributed by atoms with E-state index < -0.39 is 43.2 Å². The summed E-state index contributed by atoms with van der Waals surface area (Å²) < 4.78 is 47.9. The molecule has 3 N–H and O–H groups in total. The zero-order valence-electron chi connectivity index (χ0n) is 8.18. The van der Waals surface area contributed by atoms with E-state index in [1.54, 1.807) is 5.32 Å². The minimum absolute atomic E-state index is 0.778. The van der Waals surface area contributed by atoms with Crippen molar-refractivity contribution in [1.29, 1.82) is 0 Å². The number of hydrogen-bond donors (Lipinski definition) is 3. The third-order valence-corrected chi connectivity index (χ3v) is 1.42. The molecule has 0 saturated heterocycles. The van der Waals surface area contributed by atoms with Crippen LogP contribution in [0.5, 0.6) is 0 Å². The van der Waals surface area contributed by atoms with Gasteiger partial charge < -0.3 is 15.7 Å². The van der Waals surface area contributed by atoms with Gasteiger partial charge in [0, 0.05) is 0 Å². The molecule has 0 aliphatic rings. The first-order chi connectivity index (χ1) is 7.67. The van der Waals surface area contributed by atoms with Crippen molar-refractivity contribution >= 4 is 17.8 Å². The van der Waals surface area contributed by atoms with Gasteiger partial charge in [0.15, 0.2) is 0 Å². The molecule has 0 heterocycles. The van der Waals surface area contributed by atoms with Gasteiger partial charge in [0.2, 0.25) is 5.91 Å². The van der Waals surface area contributed by atoms with Crippen LogP contribution in [0.25, 0.3) is 0 Å². The fourth-order valence-corrected chi connectivity index (χ4v) is 0.614. The number of nitrogens with one attached hydrogen (secondary N) is 2. The van der Waals surface area contributed by atoms with Crippen molar-refractivity contribution in [3.63, 3.8) is 0 Å². The molecule has 0 aromatic rings. The first-order valence-electron chi connectivity index (χ1n) is 4.10. The van der Waals surface area contributed by atoms with Gasteiger partial charge in [-0.15, -0.1) is 0 Å². The molecule has 10 heteroatoms. The molecule has 98 valence electrons. The SMILES string of the molecule is O=C(O)CNC(=O)CNC(=O)C(F)(F)C(F)F. The summed E-state index contributed by atoms with van der Waals surface area (Å²) in [5.41, 5.74) is 0. The van der Waals surface area contributed by atoms with Crippen LogP contribution in [0.4, 0.5) is 17.6 Å². The van der Waals surface area contributed by atoms with Crippen LogP contribution in [0.1, 0.15) is 0 Å². The molecule has 0 aromatic carbocycles. The van der Waals surface area contributed by atoms with Gasteiger partial charge in [0.25, 0.3) is 5.91 Å². The Hall–Kier alpha value is -1.87. The molecule has 0 aliphatic heterocycles. The molecular weight excluding hydrogens is 252 g/mol. The lowest BCUT2D eigenvalue weighted by Crippen LogP contribution is -2.48. The largest absolute Gasteiger partial charge is 0.480 e. The van der Waals surface area contributed by atoms with E-state index in [0.29, 0.717) is 0 Å². The Balaban J connectivity index is 4.08. The van der Waals surface area contributed by atoms with Gasteiger partial charge in [0.05, 0.1) is 6.54 Å². The average molecular weight is 260 g/mol. The molecule has 2 amide bonds. The van der Waals surface area contributed by atoms with Crippen molar-refractivity contribution in [2.24, 2.45) is 0 Å². The number of carboxylic acid groups (broad SMARTS) is 1. The van der Waals surface area contributed by atoms with Crippen LogP contribution in [-0.4, -0.2) is 48.3 Å². The van der Waals surface area contributed by atoms with Crippen LogP contribution in [-0.2, 0) is 14.4 Å². The fraction of sp³-hybridized carbons (Fsp3) is 0.571. The zero-order valence-corrected chi connectivity index (χ0v) is 8.18. The standard InChI is InChI=1S/C7H8F4N2O4/c8-5(9)7(10,11)6(17)13-1-3(14)12-2-4(15)16/h5H,1-2H2,(H,12,14)(H,13,17)(H,15,16). The third-order valence-electron chi connectivity index (χ3n) is 1.42. The Morgan fingerprint density at radius 3 is 2.06 bits per heavy atom. The molecule has 17 heavy (non-hydrogen) atoms. The van der Waals surface area contributed by atoms with Gasteiger partial charge >= 0.3 is 18.3 Å². The lowest BCUT2D eigenvalue weighted by molar-refractivity contribution is -0.169. The molecule has 0 spiro atoms. The van der Waals surface area contributed by atoms with E-state index in [1.165, 1.54) is 5.32 Å². The highest BCUT2D eigenvalue weighted by atomic mass is 19.3. The van der Waals surface area contributed by atoms with Crippen LogP contribution >= 0.6 is 0 Å². The quantitative estimate of drug-likeness (QED) is 0.545. The van der Waals surface area contributed by atoms with Crippen molar-refractivity contribution < 1.29 is 37.1 Å². The molecular formula is C7H8F4N2O4. The van der Waals surface area contributed by atoms with Crippen LogP contribution < -0.4 is 10.6 Å². The summed E-state index contributed by atoms with van der Waals surface area (Å²) in [5.74, 6) is -9.68. The van der Waals surface area contributed by atoms with Gasteiger partial charge in [-0.05, 0) is 0 Å². The number of carbonyl (C=O) groups is 3. The highest BCUT2D eigenvalue weighted by molar-refractivity contribution is 5.89. The minimum Gasteiger partial charge on any atom is -0.480 e. The van der Waals surface area contributed by atoms with E-state index in [-0.39, 0.29) is 0 Å². The van der Waals surface area contributed by atoms with Crippen LogP contribution in [0.3, 0.4) is 0 Å². The van der Waals surface area contributed by atoms with Crippen molar-refractivity contribution in [2.45, 2.75) is 12.3 Å². The second kappa shape index (κ2) is 6.01. The number of halogens is 4. The number of hydrogen-bond acceptors (Lipinski definition) is 3. The molecule has 6 nitrogen and oxygen atoms in total. The first kappa shape index (κ1) is 15.1. The van der Waals surface area contributed by atoms with Gasteiger partial charge in [-0.25, -0.2) is 8.78 Å². The Morgan fingerprint density at radius 1 is 1.12 bits per heavy atom. The normalized spacial score (nSPS) is 11.1. The molecule has 0 bridgehead atoms. The number of carboxylic acids is 1. The summed E-state index contributed by atoms with van der Waals surface area (Å²) in [4.78, 5) is 31.2. The van der Waals surface area contributed by atoms with Gasteiger partial charge in [-0.2, -0.15) is 8.78 Å². The maximum Gasteiger partial charge on any atom is 0.383 e. The molecule has 0 saturated carbocycles. The average Bonchev–Trinajstić information content (AvgIpc) is 2.22. The minimum atomic E-state index is -4.90. The summed E-state index contributed by atoms with van der Waals surface area (Å²) in [7, 11) is 0. The molecule has 0 atom stereocenters. The predicted octanol–water partition coefficient (Wildman–Crippen LogP) is -0.796. The summed E-state index contributed by atoms with van der Waals surface area (Å²) in [6.07, 6.45) is -4.19. The summed E-state index contributed by atoms with van der Waals surface area (Å²) >= 11 is 0. The van der Waals surface area contributed by atoms with E-state index in [9.17, 15) is 31.9 Å². The lowest BCUT2D eigenvalue weighted by Gasteiger charge is -2.14. The van der Waals surface area contributed by atoms with Crippen LogP contribution in [0.15, 0.2) is 0 Å². The molecule has 0 fully saturated rings. The molecule has 0 aliphatic carbocycles. The fourth-order valence-electron chi connectivity index (χ4n) is 0.614. The monoisotopic (exact) mass is 260 g/mol. The maximum atomic E-state index is 12.3. The molecule has 0 radical (unpaired) electrons. The predicted molar refractivity (Wildman–Crippen MR) is 44.6 cm³/mol. The van der Waals surface area contributed by atoms with Gasteiger partial charge in [0.1, 0.15) is 6.54 Å². The van der Waals surface area contributed by atoms with E-state index >= 15 is 0 Å². The van der Waals surface area contributed by atoms with Crippen molar-refractivity contribution in [3.05, 3.63) is 0 Å². The number of alkyl halides is 4.